The lowest BCUT2D eigenvalue weighted by molar-refractivity contribution is -0.0822. The Morgan fingerprint density at radius 1 is 0.286 bits per heavy atom. The van der Waals surface area contributed by atoms with Crippen LogP contribution in [0.4, 0.5) is 0 Å². The van der Waals surface area contributed by atoms with Crippen molar-refractivity contribution in [2.45, 2.75) is 389 Å². The summed E-state index contributed by atoms with van der Waals surface area (Å²) in [4.78, 5) is 0. The summed E-state index contributed by atoms with van der Waals surface area (Å²) < 4.78 is 67.9. The molecule has 0 heterocycles. The van der Waals surface area contributed by atoms with Crippen molar-refractivity contribution in [2.24, 2.45) is 0 Å². The van der Waals surface area contributed by atoms with Gasteiger partial charge in [0.25, 0.3) is 0 Å². The summed E-state index contributed by atoms with van der Waals surface area (Å²) in [6.45, 7) is 32.7. The van der Waals surface area contributed by atoms with Crippen LogP contribution in [0, 0.1) is 0 Å². The number of hydrogen-bond acceptors (Lipinski definition) is 8. The Bertz CT molecular complexity index is 1080. The zero-order valence-corrected chi connectivity index (χ0v) is 51.8. The summed E-state index contributed by atoms with van der Waals surface area (Å²) in [5.74, 6) is 0. The summed E-state index contributed by atoms with van der Waals surface area (Å²) in [6.07, 6.45) is 41.1. The highest BCUT2D eigenvalue weighted by molar-refractivity contribution is 7.48. The molecule has 3 unspecified atom stereocenters. The van der Waals surface area contributed by atoms with Gasteiger partial charge in [-0.1, -0.05) is 258 Å². The zero-order chi connectivity index (χ0) is 53.1. The largest absolute Gasteiger partial charge is 0.476 e. The first-order chi connectivity index (χ1) is 33.6. The third kappa shape index (κ3) is 33.3. The van der Waals surface area contributed by atoms with Crippen molar-refractivity contribution in [2.75, 3.05) is 0 Å². The van der Waals surface area contributed by atoms with Gasteiger partial charge in [-0.3, -0.25) is 27.1 Å². The molecule has 0 aliphatic carbocycles. The Hall–Kier alpha value is 0.220. The fourth-order valence-corrected chi connectivity index (χ4v) is 14.3. The van der Waals surface area contributed by atoms with Crippen molar-refractivity contribution < 1.29 is 36.3 Å². The predicted molar refractivity (Wildman–Crippen MR) is 306 cm³/mol. The second-order valence-electron chi connectivity index (χ2n) is 21.2. The molecule has 0 aliphatic rings. The van der Waals surface area contributed by atoms with Crippen molar-refractivity contribution in [3.8, 4) is 0 Å². The van der Waals surface area contributed by atoms with Crippen LogP contribution >= 0.6 is 15.6 Å². The molecule has 0 spiro atoms. The first-order valence-corrected chi connectivity index (χ1v) is 33.9. The van der Waals surface area contributed by atoms with Crippen LogP contribution in [0.2, 0.25) is 0 Å². The van der Waals surface area contributed by atoms with E-state index in [0.29, 0.717) is 0 Å². The molecular weight excluding hydrogens is 911 g/mol. The minimum absolute atomic E-state index is 0.0621. The van der Waals surface area contributed by atoms with Crippen LogP contribution in [0.5, 0.6) is 0 Å². The molecule has 0 aromatic carbocycles. The fraction of sp³-hybridized carbons (Fsp3) is 1.00. The molecule has 0 amide bonds. The molecule has 0 saturated heterocycles. The van der Waals surface area contributed by atoms with Crippen LogP contribution in [0.25, 0.3) is 0 Å². The maximum absolute atomic E-state index is 15.0. The van der Waals surface area contributed by atoms with Gasteiger partial charge < -0.3 is 0 Å². The van der Waals surface area contributed by atoms with Gasteiger partial charge in [-0.25, -0.2) is 9.13 Å². The number of phosphoric ester groups is 2. The monoisotopic (exact) mass is 1040 g/mol. The summed E-state index contributed by atoms with van der Waals surface area (Å²) >= 11 is 0. The molecule has 10 heteroatoms. The molecule has 8 nitrogen and oxygen atoms in total. The van der Waals surface area contributed by atoms with Crippen LogP contribution in [-0.4, -0.2) is 35.1 Å². The maximum Gasteiger partial charge on any atom is 0.476 e. The van der Waals surface area contributed by atoms with Gasteiger partial charge in [-0.15, -0.1) is 0 Å². The molecule has 0 aromatic heterocycles. The smallest absolute Gasteiger partial charge is 0.284 e. The second kappa shape index (κ2) is 45.4. The lowest BCUT2D eigenvalue weighted by Crippen LogP contribution is -2.38. The first kappa shape index (κ1) is 72.3. The van der Waals surface area contributed by atoms with E-state index in [1.807, 2.05) is 0 Å². The van der Waals surface area contributed by atoms with Crippen molar-refractivity contribution >= 4 is 15.6 Å². The quantitative estimate of drug-likeness (QED) is 0.0440. The van der Waals surface area contributed by atoms with Gasteiger partial charge in [0.05, 0.1) is 35.1 Å². The summed E-state index contributed by atoms with van der Waals surface area (Å²) in [5, 5.41) is 0. The minimum Gasteiger partial charge on any atom is -0.284 e. The van der Waals surface area contributed by atoms with Gasteiger partial charge in [0.1, 0.15) is 0 Å². The van der Waals surface area contributed by atoms with E-state index in [1.54, 1.807) is 0 Å². The molecule has 0 N–H and O–H groups in total. The number of unbranched alkanes of at least 4 members (excludes halogenated alkanes) is 18. The summed E-state index contributed by atoms with van der Waals surface area (Å²) in [5.41, 5.74) is -1.43. The third-order valence-electron chi connectivity index (χ3n) is 15.6. The molecule has 0 aromatic rings. The molecule has 3 atom stereocenters. The van der Waals surface area contributed by atoms with E-state index in [-0.39, 0.29) is 18.3 Å². The van der Waals surface area contributed by atoms with E-state index in [1.165, 1.54) is 116 Å². The van der Waals surface area contributed by atoms with Gasteiger partial charge in [0.2, 0.25) is 0 Å². The Morgan fingerprint density at radius 3 is 0.686 bits per heavy atom. The third-order valence-corrected chi connectivity index (χ3v) is 19.1. The first-order valence-electron chi connectivity index (χ1n) is 31.0. The lowest BCUT2D eigenvalue weighted by Gasteiger charge is -2.43. The van der Waals surface area contributed by atoms with E-state index in [0.717, 1.165) is 135 Å². The van der Waals surface area contributed by atoms with Crippen molar-refractivity contribution in [1.82, 2.24) is 0 Å². The predicted octanol–water partition coefficient (Wildman–Crippen LogP) is 23.1. The maximum atomic E-state index is 15.0. The van der Waals surface area contributed by atoms with Crippen molar-refractivity contribution in [1.29, 1.82) is 0 Å². The highest BCUT2D eigenvalue weighted by Crippen LogP contribution is 2.62. The summed E-state index contributed by atoms with van der Waals surface area (Å²) in [7, 11) is -7.45. The highest BCUT2D eigenvalue weighted by Gasteiger charge is 2.48. The number of rotatable bonds is 51. The molecule has 70 heavy (non-hydrogen) atoms. The molecule has 424 valence electrons. The SMILES string of the molecule is CCCCCCC(CC)(CC)OP(=O)(OC(CC)(CC)CCCCCC)OC(CC)(CC)CCCCCC.CCCCCCC(CC)OP(=O)(OC(CC)CCCCCC)OC(CC)CCCCCC. The Balaban J connectivity index is 0. The molecule has 0 fully saturated rings. The minimum atomic E-state index is -3.85. The topological polar surface area (TPSA) is 89.5 Å². The average Bonchev–Trinajstić information content (AvgIpc) is 3.37. The van der Waals surface area contributed by atoms with Gasteiger partial charge in [0, 0.05) is 0 Å². The van der Waals surface area contributed by atoms with Crippen molar-refractivity contribution in [3.63, 3.8) is 0 Å². The lowest BCUT2D eigenvalue weighted by atomic mass is 9.90. The van der Waals surface area contributed by atoms with Crippen LogP contribution in [0.3, 0.4) is 0 Å². The van der Waals surface area contributed by atoms with Crippen LogP contribution in [0.15, 0.2) is 0 Å². The van der Waals surface area contributed by atoms with E-state index in [9.17, 15) is 4.57 Å². The van der Waals surface area contributed by atoms with Gasteiger partial charge >= 0.3 is 15.6 Å². The van der Waals surface area contributed by atoms with Gasteiger partial charge in [-0.2, -0.15) is 0 Å². The second-order valence-corrected chi connectivity index (χ2v) is 24.2. The molecule has 0 aliphatic heterocycles. The molecule has 0 bridgehead atoms. The van der Waals surface area contributed by atoms with Crippen molar-refractivity contribution in [3.05, 3.63) is 0 Å². The Kier molecular flexibility index (Phi) is 46.9. The van der Waals surface area contributed by atoms with E-state index in [2.05, 4.69) is 104 Å². The van der Waals surface area contributed by atoms with Crippen LogP contribution < -0.4 is 0 Å². The highest BCUT2D eigenvalue weighted by atomic mass is 31.2. The van der Waals surface area contributed by atoms with Gasteiger partial charge in [-0.05, 0) is 96.3 Å². The zero-order valence-electron chi connectivity index (χ0n) is 50.0. The average molecular weight is 1040 g/mol. The fourth-order valence-electron chi connectivity index (χ4n) is 9.74. The molecule has 0 radical (unpaired) electrons. The van der Waals surface area contributed by atoms with E-state index in [4.69, 9.17) is 27.1 Å². The van der Waals surface area contributed by atoms with Crippen LogP contribution in [-0.2, 0) is 36.3 Å². The van der Waals surface area contributed by atoms with E-state index >= 15 is 4.57 Å². The van der Waals surface area contributed by atoms with Gasteiger partial charge in [0.15, 0.2) is 0 Å². The number of phosphoric acid groups is 2. The molecular formula is C60H126O8P2. The number of hydrogen-bond donors (Lipinski definition) is 0. The summed E-state index contributed by atoms with van der Waals surface area (Å²) in [6, 6.07) is 0. The van der Waals surface area contributed by atoms with Crippen LogP contribution in [0.1, 0.15) is 354 Å². The molecule has 0 saturated carbocycles. The standard InChI is InChI=1S/C33H69O4P.C27H57O4P/c1-10-19-22-25-28-31(13-4,14-5)35-38(34,36-32(15-6,16-7)29-26-23-20-11-2)37-33(17-8,18-9)30-27-24-21-12-3;1-7-13-16-19-22-25(10-4)29-32(28,30-26(11-5)23-20-17-14-8-2)31-27(12-6)24-21-18-15-9-3/h10-30H2,1-9H3;25-27H,7-24H2,1-6H3. The molecule has 0 rings (SSSR count). The Labute approximate surface area is 439 Å². The Morgan fingerprint density at radius 2 is 0.500 bits per heavy atom. The van der Waals surface area contributed by atoms with E-state index < -0.39 is 32.4 Å². The normalized spacial score (nSPS) is 14.8.